The van der Waals surface area contributed by atoms with E-state index in [1.165, 1.54) is 12.1 Å². The van der Waals surface area contributed by atoms with Crippen LogP contribution in [0.25, 0.3) is 0 Å². The number of nitrogens with zero attached hydrogens (tertiary/aromatic N) is 2. The van der Waals surface area contributed by atoms with Crippen LogP contribution in [-0.4, -0.2) is 20.8 Å². The predicted octanol–water partition coefficient (Wildman–Crippen LogP) is -0.101. The predicted molar refractivity (Wildman–Crippen MR) is 61.2 cm³/mol. The van der Waals surface area contributed by atoms with Crippen molar-refractivity contribution in [3.63, 3.8) is 0 Å². The van der Waals surface area contributed by atoms with Crippen LogP contribution in [-0.2, 0) is 6.54 Å². The van der Waals surface area contributed by atoms with E-state index in [1.807, 2.05) is 4.98 Å². The van der Waals surface area contributed by atoms with Crippen LogP contribution in [0.5, 0.6) is 0 Å². The molecule has 0 aliphatic heterocycles. The number of nitro groups is 1. The number of rotatable bonds is 4. The Morgan fingerprint density at radius 1 is 1.42 bits per heavy atom. The summed E-state index contributed by atoms with van der Waals surface area (Å²) in [4.78, 5) is 44.6. The van der Waals surface area contributed by atoms with Crippen molar-refractivity contribution in [3.8, 4) is 0 Å². The first-order chi connectivity index (χ1) is 9.01. The molecule has 98 valence electrons. The van der Waals surface area contributed by atoms with Crippen LogP contribution in [0.15, 0.2) is 32.3 Å². The average molecular weight is 265 g/mol. The second-order valence-electron chi connectivity index (χ2n) is 3.58. The van der Waals surface area contributed by atoms with Crippen molar-refractivity contribution in [1.82, 2.24) is 9.55 Å². The van der Waals surface area contributed by atoms with Gasteiger partial charge in [0.1, 0.15) is 5.76 Å². The maximum absolute atomic E-state index is 11.5. The van der Waals surface area contributed by atoms with E-state index in [-0.39, 0.29) is 18.1 Å². The third kappa shape index (κ3) is 2.49. The van der Waals surface area contributed by atoms with Crippen LogP contribution in [0, 0.1) is 10.1 Å². The van der Waals surface area contributed by atoms with E-state index >= 15 is 0 Å². The van der Waals surface area contributed by atoms with Gasteiger partial charge in [0, 0.05) is 0 Å². The molecule has 0 saturated carbocycles. The molecule has 0 spiro atoms. The van der Waals surface area contributed by atoms with Crippen molar-refractivity contribution in [2.75, 3.05) is 0 Å². The van der Waals surface area contributed by atoms with Crippen molar-refractivity contribution < 1.29 is 14.1 Å². The fourth-order valence-corrected chi connectivity index (χ4v) is 1.46. The number of aldehydes is 1. The maximum Gasteiger partial charge on any atom is 0.350 e. The highest BCUT2D eigenvalue weighted by Gasteiger charge is 2.15. The van der Waals surface area contributed by atoms with Crippen LogP contribution in [0.3, 0.4) is 0 Å². The average Bonchev–Trinajstić information content (AvgIpc) is 2.80. The van der Waals surface area contributed by atoms with E-state index in [0.29, 0.717) is 6.29 Å². The normalized spacial score (nSPS) is 10.3. The molecular weight excluding hydrogens is 258 g/mol. The molecule has 19 heavy (non-hydrogen) atoms. The molecular formula is C10H7N3O6. The Morgan fingerprint density at radius 2 is 2.16 bits per heavy atom. The number of carbonyl (C=O) groups is 1. The van der Waals surface area contributed by atoms with Gasteiger partial charge in [-0.2, -0.15) is 0 Å². The zero-order valence-corrected chi connectivity index (χ0v) is 9.36. The molecule has 0 aliphatic rings. The minimum absolute atomic E-state index is 0.0713. The van der Waals surface area contributed by atoms with Crippen LogP contribution in [0.1, 0.15) is 16.3 Å². The molecule has 0 atom stereocenters. The summed E-state index contributed by atoms with van der Waals surface area (Å²) >= 11 is 0. The Bertz CT molecular complexity index is 753. The van der Waals surface area contributed by atoms with E-state index in [2.05, 4.69) is 0 Å². The van der Waals surface area contributed by atoms with E-state index < -0.39 is 21.9 Å². The van der Waals surface area contributed by atoms with Gasteiger partial charge >= 0.3 is 16.9 Å². The lowest BCUT2D eigenvalue weighted by Crippen LogP contribution is -2.31. The van der Waals surface area contributed by atoms with E-state index in [0.717, 1.165) is 10.8 Å². The van der Waals surface area contributed by atoms with Crippen LogP contribution >= 0.6 is 0 Å². The molecule has 2 rings (SSSR count). The lowest BCUT2D eigenvalue weighted by atomic mass is 10.4. The summed E-state index contributed by atoms with van der Waals surface area (Å²) in [7, 11) is 0. The highest BCUT2D eigenvalue weighted by atomic mass is 16.6. The summed E-state index contributed by atoms with van der Waals surface area (Å²) in [6.45, 7) is -0.135. The molecule has 1 N–H and O–H groups in total. The number of hydrogen-bond acceptors (Lipinski definition) is 6. The summed E-state index contributed by atoms with van der Waals surface area (Å²) in [5.41, 5.74) is -2.62. The van der Waals surface area contributed by atoms with Crippen molar-refractivity contribution in [3.05, 3.63) is 60.8 Å². The van der Waals surface area contributed by atoms with Gasteiger partial charge in [-0.1, -0.05) is 0 Å². The van der Waals surface area contributed by atoms with Gasteiger partial charge in [-0.3, -0.25) is 29.3 Å². The first kappa shape index (κ1) is 12.5. The van der Waals surface area contributed by atoms with Gasteiger partial charge in [0.15, 0.2) is 12.0 Å². The van der Waals surface area contributed by atoms with Crippen molar-refractivity contribution in [1.29, 1.82) is 0 Å². The summed E-state index contributed by atoms with van der Waals surface area (Å²) in [5.74, 6) is 0.326. The minimum atomic E-state index is -1.07. The van der Waals surface area contributed by atoms with Crippen LogP contribution in [0.4, 0.5) is 5.69 Å². The Kier molecular flexibility index (Phi) is 3.10. The molecule has 0 saturated heterocycles. The molecule has 2 heterocycles. The molecule has 9 heteroatoms. The third-order valence-corrected chi connectivity index (χ3v) is 2.31. The Hall–Kier alpha value is -2.97. The summed E-state index contributed by atoms with van der Waals surface area (Å²) < 4.78 is 5.94. The van der Waals surface area contributed by atoms with Crippen LogP contribution in [0.2, 0.25) is 0 Å². The summed E-state index contributed by atoms with van der Waals surface area (Å²) in [6.07, 6.45) is 1.31. The molecule has 9 nitrogen and oxygen atoms in total. The number of nitrogens with one attached hydrogen (secondary N) is 1. The highest BCUT2D eigenvalue weighted by Crippen LogP contribution is 2.07. The van der Waals surface area contributed by atoms with Gasteiger partial charge in [-0.15, -0.1) is 0 Å². The van der Waals surface area contributed by atoms with Gasteiger partial charge < -0.3 is 4.42 Å². The van der Waals surface area contributed by atoms with Crippen molar-refractivity contribution in [2.45, 2.75) is 6.54 Å². The quantitative estimate of drug-likeness (QED) is 0.467. The first-order valence-electron chi connectivity index (χ1n) is 5.03. The molecule has 0 amide bonds. The standard InChI is InChI=1S/C10H7N3O6/c14-5-7-2-1-6(19-7)3-12-4-8(13(17)18)9(15)11-10(12)16/h1-2,4-5H,3H2,(H,11,15,16). The van der Waals surface area contributed by atoms with E-state index in [1.54, 1.807) is 0 Å². The fraction of sp³-hybridized carbons (Fsp3) is 0.100. The molecule has 2 aromatic heterocycles. The number of aromatic nitrogens is 2. The molecule has 0 radical (unpaired) electrons. The number of carbonyl (C=O) groups excluding carboxylic acids is 1. The van der Waals surface area contributed by atoms with Gasteiger partial charge in [0.05, 0.1) is 17.7 Å². The molecule has 0 unspecified atom stereocenters. The number of furan rings is 1. The summed E-state index contributed by atoms with van der Waals surface area (Å²) in [6, 6.07) is 2.85. The van der Waals surface area contributed by atoms with Gasteiger partial charge in [-0.05, 0) is 12.1 Å². The first-order valence-corrected chi connectivity index (χ1v) is 5.03. The number of hydrogen-bond donors (Lipinski definition) is 1. The van der Waals surface area contributed by atoms with Crippen molar-refractivity contribution >= 4 is 12.0 Å². The second kappa shape index (κ2) is 4.72. The monoisotopic (exact) mass is 265 g/mol. The molecule has 0 fully saturated rings. The molecule has 2 aromatic rings. The molecule has 0 bridgehead atoms. The van der Waals surface area contributed by atoms with Crippen molar-refractivity contribution in [2.24, 2.45) is 0 Å². The Labute approximate surface area is 104 Å². The van der Waals surface area contributed by atoms with Crippen LogP contribution < -0.4 is 11.2 Å². The fourth-order valence-electron chi connectivity index (χ4n) is 1.46. The smallest absolute Gasteiger partial charge is 0.350 e. The molecule has 0 aromatic carbocycles. The zero-order chi connectivity index (χ0) is 14.0. The van der Waals surface area contributed by atoms with Gasteiger partial charge in [0.25, 0.3) is 0 Å². The number of H-pyrrole nitrogens is 1. The van der Waals surface area contributed by atoms with Gasteiger partial charge in [0.2, 0.25) is 0 Å². The van der Waals surface area contributed by atoms with Gasteiger partial charge in [-0.25, -0.2) is 4.79 Å². The van der Waals surface area contributed by atoms with E-state index in [9.17, 15) is 24.5 Å². The maximum atomic E-state index is 11.5. The third-order valence-electron chi connectivity index (χ3n) is 2.31. The second-order valence-corrected chi connectivity index (χ2v) is 3.58. The lowest BCUT2D eigenvalue weighted by molar-refractivity contribution is -0.386. The number of aromatic amines is 1. The Morgan fingerprint density at radius 3 is 2.74 bits per heavy atom. The highest BCUT2D eigenvalue weighted by molar-refractivity contribution is 5.70. The summed E-state index contributed by atoms with van der Waals surface area (Å²) in [5, 5.41) is 10.6. The SMILES string of the molecule is O=Cc1ccc(Cn2cc([N+](=O)[O-])c(=O)[nH]c2=O)o1. The topological polar surface area (TPSA) is 128 Å². The zero-order valence-electron chi connectivity index (χ0n) is 9.36. The largest absolute Gasteiger partial charge is 0.456 e. The van der Waals surface area contributed by atoms with E-state index in [4.69, 9.17) is 4.42 Å². The minimum Gasteiger partial charge on any atom is -0.456 e. The Balaban J connectivity index is 2.42. The molecule has 0 aliphatic carbocycles. The lowest BCUT2D eigenvalue weighted by Gasteiger charge is -2.01.